The van der Waals surface area contributed by atoms with Gasteiger partial charge >= 0.3 is 5.97 Å². The summed E-state index contributed by atoms with van der Waals surface area (Å²) in [5, 5.41) is 7.10. The Hall–Kier alpha value is -2.01. The SMILES string of the molecule is CCOC(=O)c1cccc(Nc2ccsc2)c1N. The standard InChI is InChI=1S/C13H14N2O2S/c1-2-17-13(16)10-4-3-5-11(12(10)14)15-9-6-7-18-8-9/h3-8,15H,2,14H2,1H3. The van der Waals surface area contributed by atoms with Crippen LogP contribution >= 0.6 is 11.3 Å². The number of carbonyl (C=O) groups is 1. The molecule has 5 heteroatoms. The number of benzene rings is 1. The van der Waals surface area contributed by atoms with Gasteiger partial charge in [-0.3, -0.25) is 0 Å². The fraction of sp³-hybridized carbons (Fsp3) is 0.154. The topological polar surface area (TPSA) is 64.3 Å². The number of rotatable bonds is 4. The molecule has 0 aliphatic carbocycles. The Kier molecular flexibility index (Phi) is 3.84. The van der Waals surface area contributed by atoms with Crippen LogP contribution in [0.3, 0.4) is 0 Å². The van der Waals surface area contributed by atoms with Gasteiger partial charge in [-0.1, -0.05) is 6.07 Å². The van der Waals surface area contributed by atoms with Crippen molar-refractivity contribution in [2.24, 2.45) is 0 Å². The number of anilines is 3. The van der Waals surface area contributed by atoms with E-state index in [0.717, 1.165) is 5.69 Å². The van der Waals surface area contributed by atoms with Crippen LogP contribution in [0.1, 0.15) is 17.3 Å². The van der Waals surface area contributed by atoms with Crippen LogP contribution in [0.4, 0.5) is 17.1 Å². The zero-order valence-electron chi connectivity index (χ0n) is 9.97. The van der Waals surface area contributed by atoms with Crippen LogP contribution in [0.15, 0.2) is 35.0 Å². The molecule has 0 aliphatic rings. The van der Waals surface area contributed by atoms with Gasteiger partial charge in [0.2, 0.25) is 0 Å². The molecule has 0 bridgehead atoms. The van der Waals surface area contributed by atoms with E-state index >= 15 is 0 Å². The zero-order valence-corrected chi connectivity index (χ0v) is 10.8. The van der Waals surface area contributed by atoms with Crippen LogP contribution in [0.25, 0.3) is 0 Å². The number of hydrogen-bond donors (Lipinski definition) is 2. The molecule has 0 spiro atoms. The van der Waals surface area contributed by atoms with E-state index < -0.39 is 5.97 Å². The Labute approximate surface area is 109 Å². The summed E-state index contributed by atoms with van der Waals surface area (Å²) in [5.74, 6) is -0.399. The molecule has 0 saturated carbocycles. The fourth-order valence-corrected chi connectivity index (χ4v) is 2.14. The highest BCUT2D eigenvalue weighted by molar-refractivity contribution is 7.08. The van der Waals surface area contributed by atoms with Crippen LogP contribution in [0, 0.1) is 0 Å². The Morgan fingerprint density at radius 3 is 2.94 bits per heavy atom. The van der Waals surface area contributed by atoms with E-state index in [1.54, 1.807) is 30.4 Å². The maximum absolute atomic E-state index is 11.7. The lowest BCUT2D eigenvalue weighted by Gasteiger charge is -2.11. The second kappa shape index (κ2) is 5.55. The van der Waals surface area contributed by atoms with Gasteiger partial charge < -0.3 is 15.8 Å². The highest BCUT2D eigenvalue weighted by Gasteiger charge is 2.13. The molecule has 0 amide bonds. The third-order valence-electron chi connectivity index (χ3n) is 2.40. The van der Waals surface area contributed by atoms with Gasteiger partial charge in [-0.15, -0.1) is 0 Å². The Morgan fingerprint density at radius 1 is 1.44 bits per heavy atom. The molecule has 2 aromatic rings. The molecule has 1 aromatic heterocycles. The number of thiophene rings is 1. The Bertz CT molecular complexity index is 538. The normalized spacial score (nSPS) is 10.1. The quantitative estimate of drug-likeness (QED) is 0.655. The minimum atomic E-state index is -0.399. The number of nitrogens with one attached hydrogen (secondary N) is 1. The van der Waals surface area contributed by atoms with E-state index in [1.807, 2.05) is 22.9 Å². The van der Waals surface area contributed by atoms with Crippen molar-refractivity contribution >= 4 is 34.4 Å². The second-order valence-corrected chi connectivity index (χ2v) is 4.40. The highest BCUT2D eigenvalue weighted by atomic mass is 32.1. The molecular formula is C13H14N2O2S. The summed E-state index contributed by atoms with van der Waals surface area (Å²) in [6, 6.07) is 7.21. The summed E-state index contributed by atoms with van der Waals surface area (Å²) in [5.41, 5.74) is 8.42. The van der Waals surface area contributed by atoms with Crippen molar-refractivity contribution in [3.8, 4) is 0 Å². The third kappa shape index (κ3) is 2.62. The van der Waals surface area contributed by atoms with E-state index in [-0.39, 0.29) is 0 Å². The van der Waals surface area contributed by atoms with Crippen molar-refractivity contribution < 1.29 is 9.53 Å². The summed E-state index contributed by atoms with van der Waals surface area (Å²) >= 11 is 1.59. The summed E-state index contributed by atoms with van der Waals surface area (Å²) in [7, 11) is 0. The Balaban J connectivity index is 2.27. The molecule has 4 nitrogen and oxygen atoms in total. The third-order valence-corrected chi connectivity index (χ3v) is 3.08. The smallest absolute Gasteiger partial charge is 0.340 e. The summed E-state index contributed by atoms with van der Waals surface area (Å²) in [4.78, 5) is 11.7. The number of esters is 1. The number of hydrogen-bond acceptors (Lipinski definition) is 5. The summed E-state index contributed by atoms with van der Waals surface area (Å²) in [6.07, 6.45) is 0. The van der Waals surface area contributed by atoms with Crippen LogP contribution in [0.5, 0.6) is 0 Å². The number of nitrogens with two attached hydrogens (primary N) is 1. The van der Waals surface area contributed by atoms with Crippen molar-refractivity contribution in [3.05, 3.63) is 40.6 Å². The largest absolute Gasteiger partial charge is 0.462 e. The van der Waals surface area contributed by atoms with Crippen LogP contribution in [-0.2, 0) is 4.74 Å². The first kappa shape index (κ1) is 12.4. The average Bonchev–Trinajstić information content (AvgIpc) is 2.85. The van der Waals surface area contributed by atoms with Gasteiger partial charge in [-0.25, -0.2) is 4.79 Å². The predicted octanol–water partition coefficient (Wildman–Crippen LogP) is 3.25. The van der Waals surface area contributed by atoms with Gasteiger partial charge in [0.25, 0.3) is 0 Å². The molecule has 0 atom stereocenters. The predicted molar refractivity (Wildman–Crippen MR) is 74.4 cm³/mol. The van der Waals surface area contributed by atoms with Crippen molar-refractivity contribution in [1.29, 1.82) is 0 Å². The van der Waals surface area contributed by atoms with Gasteiger partial charge in [-0.2, -0.15) is 11.3 Å². The number of ether oxygens (including phenoxy) is 1. The monoisotopic (exact) mass is 262 g/mol. The first-order valence-electron chi connectivity index (χ1n) is 5.57. The molecule has 0 radical (unpaired) electrons. The molecular weight excluding hydrogens is 248 g/mol. The molecule has 0 unspecified atom stereocenters. The minimum absolute atomic E-state index is 0.334. The van der Waals surface area contributed by atoms with Gasteiger partial charge in [0.05, 0.1) is 23.5 Å². The van der Waals surface area contributed by atoms with E-state index in [1.165, 1.54) is 0 Å². The van der Waals surface area contributed by atoms with E-state index in [0.29, 0.717) is 23.5 Å². The molecule has 1 aromatic carbocycles. The van der Waals surface area contributed by atoms with Gasteiger partial charge in [0.1, 0.15) is 0 Å². The van der Waals surface area contributed by atoms with Gasteiger partial charge in [-0.05, 0) is 30.5 Å². The zero-order chi connectivity index (χ0) is 13.0. The van der Waals surface area contributed by atoms with Gasteiger partial charge in [0.15, 0.2) is 0 Å². The second-order valence-electron chi connectivity index (χ2n) is 3.62. The number of para-hydroxylation sites is 1. The van der Waals surface area contributed by atoms with Crippen LogP contribution < -0.4 is 11.1 Å². The molecule has 3 N–H and O–H groups in total. The van der Waals surface area contributed by atoms with E-state index in [4.69, 9.17) is 10.5 Å². The van der Waals surface area contributed by atoms with E-state index in [9.17, 15) is 4.79 Å². The van der Waals surface area contributed by atoms with Crippen molar-refractivity contribution in [1.82, 2.24) is 0 Å². The summed E-state index contributed by atoms with van der Waals surface area (Å²) < 4.78 is 4.95. The average molecular weight is 262 g/mol. The lowest BCUT2D eigenvalue weighted by Crippen LogP contribution is -2.09. The Morgan fingerprint density at radius 2 is 2.28 bits per heavy atom. The van der Waals surface area contributed by atoms with Crippen LogP contribution in [0.2, 0.25) is 0 Å². The van der Waals surface area contributed by atoms with Crippen molar-refractivity contribution in [2.75, 3.05) is 17.7 Å². The molecule has 1 heterocycles. The maximum Gasteiger partial charge on any atom is 0.340 e. The minimum Gasteiger partial charge on any atom is -0.462 e. The molecule has 0 aliphatic heterocycles. The molecule has 0 fully saturated rings. The van der Waals surface area contributed by atoms with Gasteiger partial charge in [0, 0.05) is 11.1 Å². The molecule has 2 rings (SSSR count). The molecule has 94 valence electrons. The van der Waals surface area contributed by atoms with Crippen molar-refractivity contribution in [2.45, 2.75) is 6.92 Å². The highest BCUT2D eigenvalue weighted by Crippen LogP contribution is 2.27. The fourth-order valence-electron chi connectivity index (χ4n) is 1.55. The van der Waals surface area contributed by atoms with E-state index in [2.05, 4.69) is 5.32 Å². The van der Waals surface area contributed by atoms with Crippen molar-refractivity contribution in [3.63, 3.8) is 0 Å². The number of carbonyl (C=O) groups excluding carboxylic acids is 1. The first-order valence-corrected chi connectivity index (χ1v) is 6.51. The lowest BCUT2D eigenvalue weighted by atomic mass is 10.1. The van der Waals surface area contributed by atoms with Crippen LogP contribution in [-0.4, -0.2) is 12.6 Å². The maximum atomic E-state index is 11.7. The lowest BCUT2D eigenvalue weighted by molar-refractivity contribution is 0.0527. The molecule has 0 saturated heterocycles. The summed E-state index contributed by atoms with van der Waals surface area (Å²) in [6.45, 7) is 2.10. The first-order chi connectivity index (χ1) is 8.72. The molecule has 18 heavy (non-hydrogen) atoms. The number of nitrogen functional groups attached to an aromatic ring is 1.